The monoisotopic (exact) mass is 233 g/mol. The Hall–Kier alpha value is -1.12. The van der Waals surface area contributed by atoms with Crippen LogP contribution in [0.4, 0.5) is 5.82 Å². The summed E-state index contributed by atoms with van der Waals surface area (Å²) < 4.78 is 0. The molecule has 1 aromatic rings. The van der Waals surface area contributed by atoms with Gasteiger partial charge in [0.1, 0.15) is 11.6 Å². The Labute approximate surface area is 104 Å². The standard InChI is InChI=1S/C14H23N3/c1-3-8-15-13-7-9-16-14(17-13)12-6-4-5-11(2)10-12/h7,9,11-12H,3-6,8,10H2,1-2H3,(H,15,16,17). The molecule has 3 heteroatoms. The fourth-order valence-electron chi connectivity index (χ4n) is 2.59. The quantitative estimate of drug-likeness (QED) is 0.863. The minimum Gasteiger partial charge on any atom is -0.370 e. The maximum absolute atomic E-state index is 4.65. The first-order chi connectivity index (χ1) is 8.29. The molecule has 1 N–H and O–H groups in total. The molecule has 0 radical (unpaired) electrons. The number of hydrogen-bond donors (Lipinski definition) is 1. The molecule has 0 aromatic carbocycles. The van der Waals surface area contributed by atoms with Gasteiger partial charge in [0.15, 0.2) is 0 Å². The van der Waals surface area contributed by atoms with Gasteiger partial charge < -0.3 is 5.32 Å². The summed E-state index contributed by atoms with van der Waals surface area (Å²) in [4.78, 5) is 9.10. The van der Waals surface area contributed by atoms with Crippen LogP contribution in [0.5, 0.6) is 0 Å². The second kappa shape index (κ2) is 5.99. The van der Waals surface area contributed by atoms with Crippen LogP contribution < -0.4 is 5.32 Å². The Morgan fingerprint density at radius 3 is 3.06 bits per heavy atom. The molecule has 94 valence electrons. The normalized spacial score (nSPS) is 24.6. The predicted molar refractivity (Wildman–Crippen MR) is 71.2 cm³/mol. The van der Waals surface area contributed by atoms with Gasteiger partial charge in [0.25, 0.3) is 0 Å². The van der Waals surface area contributed by atoms with E-state index in [2.05, 4.69) is 29.1 Å². The van der Waals surface area contributed by atoms with E-state index in [0.717, 1.165) is 30.5 Å². The third-order valence-electron chi connectivity index (χ3n) is 3.53. The summed E-state index contributed by atoms with van der Waals surface area (Å²) in [5.74, 6) is 3.42. The summed E-state index contributed by atoms with van der Waals surface area (Å²) in [6.07, 6.45) is 8.20. The van der Waals surface area contributed by atoms with Gasteiger partial charge in [-0.15, -0.1) is 0 Å². The van der Waals surface area contributed by atoms with Crippen LogP contribution >= 0.6 is 0 Å². The van der Waals surface area contributed by atoms with Crippen LogP contribution in [0.2, 0.25) is 0 Å². The van der Waals surface area contributed by atoms with Crippen LogP contribution in [0.15, 0.2) is 12.3 Å². The number of nitrogens with one attached hydrogen (secondary N) is 1. The zero-order valence-electron chi connectivity index (χ0n) is 10.9. The number of hydrogen-bond acceptors (Lipinski definition) is 3. The molecule has 0 saturated heterocycles. The van der Waals surface area contributed by atoms with Crippen LogP contribution in [-0.2, 0) is 0 Å². The van der Waals surface area contributed by atoms with E-state index in [0.29, 0.717) is 5.92 Å². The summed E-state index contributed by atoms with van der Waals surface area (Å²) >= 11 is 0. The lowest BCUT2D eigenvalue weighted by Crippen LogP contribution is -2.15. The number of rotatable bonds is 4. The fourth-order valence-corrected chi connectivity index (χ4v) is 2.59. The van der Waals surface area contributed by atoms with Gasteiger partial charge >= 0.3 is 0 Å². The molecule has 2 rings (SSSR count). The highest BCUT2D eigenvalue weighted by Gasteiger charge is 2.22. The zero-order chi connectivity index (χ0) is 12.1. The van der Waals surface area contributed by atoms with Crippen molar-refractivity contribution in [3.8, 4) is 0 Å². The molecule has 17 heavy (non-hydrogen) atoms. The SMILES string of the molecule is CCCNc1ccnc(C2CCCC(C)C2)n1. The van der Waals surface area contributed by atoms with Crippen molar-refractivity contribution in [1.29, 1.82) is 0 Å². The fraction of sp³-hybridized carbons (Fsp3) is 0.714. The first kappa shape index (κ1) is 12.3. The van der Waals surface area contributed by atoms with Crippen molar-refractivity contribution in [2.24, 2.45) is 5.92 Å². The van der Waals surface area contributed by atoms with Crippen molar-refractivity contribution >= 4 is 5.82 Å². The van der Waals surface area contributed by atoms with Crippen molar-refractivity contribution in [1.82, 2.24) is 9.97 Å². The molecule has 1 aliphatic rings. The molecule has 0 bridgehead atoms. The Morgan fingerprint density at radius 2 is 2.29 bits per heavy atom. The lowest BCUT2D eigenvalue weighted by molar-refractivity contribution is 0.335. The van der Waals surface area contributed by atoms with E-state index in [1.807, 2.05) is 12.3 Å². The van der Waals surface area contributed by atoms with Crippen LogP contribution in [0.25, 0.3) is 0 Å². The van der Waals surface area contributed by atoms with Gasteiger partial charge in [-0.2, -0.15) is 0 Å². The number of nitrogens with zero attached hydrogens (tertiary/aromatic N) is 2. The summed E-state index contributed by atoms with van der Waals surface area (Å²) in [6.45, 7) is 5.49. The highest BCUT2D eigenvalue weighted by atomic mass is 15.0. The second-order valence-electron chi connectivity index (χ2n) is 5.20. The van der Waals surface area contributed by atoms with Gasteiger partial charge in [0.2, 0.25) is 0 Å². The zero-order valence-corrected chi connectivity index (χ0v) is 10.9. The van der Waals surface area contributed by atoms with E-state index in [1.165, 1.54) is 25.7 Å². The van der Waals surface area contributed by atoms with Gasteiger partial charge in [0.05, 0.1) is 0 Å². The Balaban J connectivity index is 2.04. The molecular formula is C14H23N3. The molecule has 0 spiro atoms. The minimum absolute atomic E-state index is 0.571. The lowest BCUT2D eigenvalue weighted by atomic mass is 9.82. The van der Waals surface area contributed by atoms with E-state index in [-0.39, 0.29) is 0 Å². The van der Waals surface area contributed by atoms with E-state index in [1.54, 1.807) is 0 Å². The van der Waals surface area contributed by atoms with Crippen LogP contribution in [0.1, 0.15) is 57.7 Å². The van der Waals surface area contributed by atoms with Crippen molar-refractivity contribution in [3.05, 3.63) is 18.1 Å². The third kappa shape index (κ3) is 3.42. The maximum Gasteiger partial charge on any atom is 0.133 e. The average Bonchev–Trinajstić information content (AvgIpc) is 2.37. The Kier molecular flexibility index (Phi) is 4.35. The van der Waals surface area contributed by atoms with E-state index in [9.17, 15) is 0 Å². The molecule has 2 atom stereocenters. The molecule has 1 aromatic heterocycles. The topological polar surface area (TPSA) is 37.8 Å². The lowest BCUT2D eigenvalue weighted by Gasteiger charge is -2.25. The van der Waals surface area contributed by atoms with Crippen LogP contribution in [0, 0.1) is 5.92 Å². The maximum atomic E-state index is 4.65. The van der Waals surface area contributed by atoms with E-state index >= 15 is 0 Å². The molecule has 1 heterocycles. The molecular weight excluding hydrogens is 210 g/mol. The van der Waals surface area contributed by atoms with Gasteiger partial charge in [-0.1, -0.05) is 26.7 Å². The van der Waals surface area contributed by atoms with Crippen molar-refractivity contribution in [2.45, 2.75) is 51.9 Å². The largest absolute Gasteiger partial charge is 0.370 e. The predicted octanol–water partition coefficient (Wildman–Crippen LogP) is 3.59. The minimum atomic E-state index is 0.571. The van der Waals surface area contributed by atoms with Gasteiger partial charge in [-0.05, 0) is 31.2 Å². The smallest absolute Gasteiger partial charge is 0.133 e. The van der Waals surface area contributed by atoms with Gasteiger partial charge in [-0.25, -0.2) is 9.97 Å². The van der Waals surface area contributed by atoms with E-state index in [4.69, 9.17) is 0 Å². The third-order valence-corrected chi connectivity index (χ3v) is 3.53. The second-order valence-corrected chi connectivity index (χ2v) is 5.20. The van der Waals surface area contributed by atoms with Crippen molar-refractivity contribution < 1.29 is 0 Å². The highest BCUT2D eigenvalue weighted by molar-refractivity contribution is 5.33. The molecule has 1 aliphatic carbocycles. The van der Waals surface area contributed by atoms with Crippen LogP contribution in [0.3, 0.4) is 0 Å². The first-order valence-electron chi connectivity index (χ1n) is 6.86. The number of aromatic nitrogens is 2. The molecule has 0 amide bonds. The molecule has 0 aliphatic heterocycles. The van der Waals surface area contributed by atoms with Crippen molar-refractivity contribution in [2.75, 3.05) is 11.9 Å². The van der Waals surface area contributed by atoms with Gasteiger partial charge in [0, 0.05) is 18.7 Å². The molecule has 1 saturated carbocycles. The molecule has 2 unspecified atom stereocenters. The Morgan fingerprint density at radius 1 is 1.41 bits per heavy atom. The Bertz CT molecular complexity index is 351. The number of anilines is 1. The average molecular weight is 233 g/mol. The summed E-state index contributed by atoms with van der Waals surface area (Å²) in [6, 6.07) is 1.96. The van der Waals surface area contributed by atoms with Crippen LogP contribution in [-0.4, -0.2) is 16.5 Å². The van der Waals surface area contributed by atoms with Crippen molar-refractivity contribution in [3.63, 3.8) is 0 Å². The first-order valence-corrected chi connectivity index (χ1v) is 6.86. The summed E-state index contributed by atoms with van der Waals surface area (Å²) in [7, 11) is 0. The summed E-state index contributed by atoms with van der Waals surface area (Å²) in [5.41, 5.74) is 0. The highest BCUT2D eigenvalue weighted by Crippen LogP contribution is 2.34. The van der Waals surface area contributed by atoms with E-state index < -0.39 is 0 Å². The summed E-state index contributed by atoms with van der Waals surface area (Å²) in [5, 5.41) is 3.33. The van der Waals surface area contributed by atoms with Gasteiger partial charge in [-0.3, -0.25) is 0 Å². The molecule has 3 nitrogen and oxygen atoms in total. The molecule has 1 fully saturated rings.